The number of nitrogens with zero attached hydrogens (tertiary/aromatic N) is 2. The quantitative estimate of drug-likeness (QED) is 0.498. The van der Waals surface area contributed by atoms with E-state index in [9.17, 15) is 0 Å². The van der Waals surface area contributed by atoms with Gasteiger partial charge in [-0.3, -0.25) is 4.90 Å². The minimum Gasteiger partial charge on any atom is -0.495 e. The summed E-state index contributed by atoms with van der Waals surface area (Å²) < 4.78 is 11.2. The molecule has 0 saturated carbocycles. The van der Waals surface area contributed by atoms with Gasteiger partial charge in [0.25, 0.3) is 0 Å². The van der Waals surface area contributed by atoms with Gasteiger partial charge >= 0.3 is 0 Å². The van der Waals surface area contributed by atoms with Crippen LogP contribution in [0.3, 0.4) is 0 Å². The molecule has 3 aromatic rings. The van der Waals surface area contributed by atoms with Crippen LogP contribution in [0.25, 0.3) is 11.3 Å². The molecule has 1 saturated heterocycles. The molecule has 1 aliphatic heterocycles. The predicted octanol–water partition coefficient (Wildman–Crippen LogP) is 5.69. The monoisotopic (exact) mass is 429 g/mol. The van der Waals surface area contributed by atoms with Gasteiger partial charge in [0.15, 0.2) is 5.13 Å². The van der Waals surface area contributed by atoms with Crippen molar-refractivity contribution >= 4 is 33.8 Å². The van der Waals surface area contributed by atoms with Crippen LogP contribution in [0, 0.1) is 0 Å². The van der Waals surface area contributed by atoms with E-state index in [1.54, 1.807) is 18.4 Å². The van der Waals surface area contributed by atoms with Gasteiger partial charge in [-0.2, -0.15) is 0 Å². The molecule has 1 aromatic heterocycles. The van der Waals surface area contributed by atoms with E-state index < -0.39 is 0 Å². The van der Waals surface area contributed by atoms with Crippen molar-refractivity contribution in [3.63, 3.8) is 0 Å². The molecule has 0 unspecified atom stereocenters. The highest BCUT2D eigenvalue weighted by Gasteiger charge is 2.11. The second-order valence-electron chi connectivity index (χ2n) is 6.94. The maximum absolute atomic E-state index is 6.20. The Morgan fingerprint density at radius 2 is 2.03 bits per heavy atom. The van der Waals surface area contributed by atoms with Crippen molar-refractivity contribution < 1.29 is 9.47 Å². The van der Waals surface area contributed by atoms with Gasteiger partial charge in [-0.1, -0.05) is 23.7 Å². The molecule has 4 rings (SSSR count). The van der Waals surface area contributed by atoms with Gasteiger partial charge in [0.05, 0.1) is 17.8 Å². The standard InChI is InChI=1S/C22H24ClN3O2S/c1-27-21-8-7-17(14-19(21)23)24-22-25-20(15-29-22)16-5-4-6-18(13-16)28-12-11-26-9-2-3-10-26/h4-8,13-15H,2-3,9-12H2,1H3,(H,24,25). The minimum atomic E-state index is 0.563. The SMILES string of the molecule is COc1ccc(Nc2nc(-c3cccc(OCCN4CCCC4)c3)cs2)cc1Cl. The van der Waals surface area contributed by atoms with Crippen LogP contribution in [0.4, 0.5) is 10.8 Å². The minimum absolute atomic E-state index is 0.563. The van der Waals surface area contributed by atoms with Crippen LogP contribution in [-0.2, 0) is 0 Å². The lowest BCUT2D eigenvalue weighted by molar-refractivity contribution is 0.238. The third-order valence-corrected chi connectivity index (χ3v) is 5.97. The molecule has 0 aliphatic carbocycles. The summed E-state index contributed by atoms with van der Waals surface area (Å²) in [5.74, 6) is 1.53. The van der Waals surface area contributed by atoms with Crippen molar-refractivity contribution in [3.8, 4) is 22.8 Å². The van der Waals surface area contributed by atoms with Crippen molar-refractivity contribution in [2.24, 2.45) is 0 Å². The Bertz CT molecular complexity index is 957. The van der Waals surface area contributed by atoms with Crippen molar-refractivity contribution in [2.75, 3.05) is 38.7 Å². The van der Waals surface area contributed by atoms with Crippen LogP contribution in [0.5, 0.6) is 11.5 Å². The summed E-state index contributed by atoms with van der Waals surface area (Å²) in [6.45, 7) is 4.08. The zero-order chi connectivity index (χ0) is 20.1. The lowest BCUT2D eigenvalue weighted by Gasteiger charge is -2.15. The van der Waals surface area contributed by atoms with E-state index in [1.807, 2.05) is 41.8 Å². The van der Waals surface area contributed by atoms with Gasteiger partial charge in [-0.25, -0.2) is 4.98 Å². The van der Waals surface area contributed by atoms with E-state index in [0.29, 0.717) is 17.4 Å². The summed E-state index contributed by atoms with van der Waals surface area (Å²) in [4.78, 5) is 7.15. The zero-order valence-corrected chi connectivity index (χ0v) is 17.9. The predicted molar refractivity (Wildman–Crippen MR) is 120 cm³/mol. The Hall–Kier alpha value is -2.28. The average molecular weight is 430 g/mol. The first kappa shape index (κ1) is 20.0. The number of likely N-dealkylation sites (tertiary alicyclic amines) is 1. The first-order chi connectivity index (χ1) is 14.2. The summed E-state index contributed by atoms with van der Waals surface area (Å²) in [6.07, 6.45) is 2.61. The average Bonchev–Trinajstić information content (AvgIpc) is 3.41. The number of benzene rings is 2. The lowest BCUT2D eigenvalue weighted by Crippen LogP contribution is -2.25. The first-order valence-electron chi connectivity index (χ1n) is 9.73. The third-order valence-electron chi connectivity index (χ3n) is 4.91. The molecule has 5 nitrogen and oxygen atoms in total. The van der Waals surface area contributed by atoms with Crippen LogP contribution in [0.2, 0.25) is 5.02 Å². The van der Waals surface area contributed by atoms with Crippen LogP contribution in [0.1, 0.15) is 12.8 Å². The molecule has 1 aliphatic rings. The van der Waals surface area contributed by atoms with Crippen molar-refractivity contribution in [3.05, 3.63) is 52.9 Å². The fourth-order valence-corrected chi connectivity index (χ4v) is 4.37. The molecule has 1 N–H and O–H groups in total. The van der Waals surface area contributed by atoms with Crippen LogP contribution >= 0.6 is 22.9 Å². The summed E-state index contributed by atoms with van der Waals surface area (Å²) in [6, 6.07) is 13.7. The number of rotatable bonds is 8. The molecule has 0 amide bonds. The maximum Gasteiger partial charge on any atom is 0.187 e. The highest BCUT2D eigenvalue weighted by Crippen LogP contribution is 2.32. The normalized spacial score (nSPS) is 14.1. The topological polar surface area (TPSA) is 46.6 Å². The highest BCUT2D eigenvalue weighted by molar-refractivity contribution is 7.14. The summed E-state index contributed by atoms with van der Waals surface area (Å²) >= 11 is 7.75. The van der Waals surface area contributed by atoms with E-state index >= 15 is 0 Å². The molecular weight excluding hydrogens is 406 g/mol. The Labute approximate surface area is 180 Å². The van der Waals surface area contributed by atoms with Gasteiger partial charge in [-0.15, -0.1) is 11.3 Å². The summed E-state index contributed by atoms with van der Waals surface area (Å²) in [5, 5.41) is 6.71. The molecular formula is C22H24ClN3O2S. The number of ether oxygens (including phenoxy) is 2. The number of hydrogen-bond acceptors (Lipinski definition) is 6. The number of anilines is 2. The zero-order valence-electron chi connectivity index (χ0n) is 16.4. The molecule has 0 spiro atoms. The number of halogens is 1. The van der Waals surface area contributed by atoms with Crippen LogP contribution in [-0.4, -0.2) is 43.2 Å². The van der Waals surface area contributed by atoms with E-state index in [4.69, 9.17) is 26.1 Å². The van der Waals surface area contributed by atoms with Crippen molar-refractivity contribution in [1.82, 2.24) is 9.88 Å². The van der Waals surface area contributed by atoms with Crippen LogP contribution in [0.15, 0.2) is 47.8 Å². The number of hydrogen-bond donors (Lipinski definition) is 1. The molecule has 2 aromatic carbocycles. The number of thiazole rings is 1. The number of aromatic nitrogens is 1. The molecule has 0 atom stereocenters. The van der Waals surface area contributed by atoms with Crippen LogP contribution < -0.4 is 14.8 Å². The second-order valence-corrected chi connectivity index (χ2v) is 8.20. The molecule has 7 heteroatoms. The van der Waals surface area contributed by atoms with E-state index in [2.05, 4.69) is 16.3 Å². The molecule has 1 fully saturated rings. The fourth-order valence-electron chi connectivity index (χ4n) is 3.38. The molecule has 2 heterocycles. The Morgan fingerprint density at radius 3 is 2.83 bits per heavy atom. The third kappa shape index (κ3) is 5.21. The van der Waals surface area contributed by atoms with Gasteiger partial charge in [0.1, 0.15) is 18.1 Å². The molecule has 29 heavy (non-hydrogen) atoms. The fraction of sp³-hybridized carbons (Fsp3) is 0.318. The first-order valence-corrected chi connectivity index (χ1v) is 11.0. The Morgan fingerprint density at radius 1 is 1.17 bits per heavy atom. The number of nitrogens with one attached hydrogen (secondary N) is 1. The lowest BCUT2D eigenvalue weighted by atomic mass is 10.2. The largest absolute Gasteiger partial charge is 0.495 e. The van der Waals surface area contributed by atoms with Gasteiger partial charge in [-0.05, 0) is 56.3 Å². The smallest absolute Gasteiger partial charge is 0.187 e. The van der Waals surface area contributed by atoms with E-state index in [0.717, 1.165) is 34.4 Å². The highest BCUT2D eigenvalue weighted by atomic mass is 35.5. The maximum atomic E-state index is 6.20. The van der Waals surface area contributed by atoms with Gasteiger partial charge in [0, 0.05) is 23.2 Å². The van der Waals surface area contributed by atoms with Gasteiger partial charge in [0.2, 0.25) is 0 Å². The van der Waals surface area contributed by atoms with Crippen molar-refractivity contribution in [1.29, 1.82) is 0 Å². The Kier molecular flexibility index (Phi) is 6.54. The summed E-state index contributed by atoms with van der Waals surface area (Å²) in [7, 11) is 1.60. The molecule has 0 radical (unpaired) electrons. The Balaban J connectivity index is 1.39. The number of methoxy groups -OCH3 is 1. The van der Waals surface area contributed by atoms with Crippen molar-refractivity contribution in [2.45, 2.75) is 12.8 Å². The second kappa shape index (κ2) is 9.48. The van der Waals surface area contributed by atoms with E-state index in [-0.39, 0.29) is 0 Å². The summed E-state index contributed by atoms with van der Waals surface area (Å²) in [5.41, 5.74) is 2.83. The molecule has 152 valence electrons. The van der Waals surface area contributed by atoms with Gasteiger partial charge < -0.3 is 14.8 Å². The molecule has 0 bridgehead atoms. The van der Waals surface area contributed by atoms with E-state index in [1.165, 1.54) is 25.9 Å².